The topological polar surface area (TPSA) is 12.9 Å². The second-order valence-corrected chi connectivity index (χ2v) is 8.78. The molecule has 0 bridgehead atoms. The van der Waals surface area contributed by atoms with Crippen LogP contribution in [0.5, 0.6) is 0 Å². The molecular formula is C29H20FN. The van der Waals surface area contributed by atoms with Crippen LogP contribution in [0.2, 0.25) is 0 Å². The van der Waals surface area contributed by atoms with Gasteiger partial charge in [-0.1, -0.05) is 54.6 Å². The molecule has 1 nitrogen and oxygen atoms in total. The maximum Gasteiger partial charge on any atom is 0.149 e. The number of nitrogens with zero attached hydrogens (tertiary/aromatic N) is 1. The van der Waals surface area contributed by atoms with Crippen LogP contribution < -0.4 is 0 Å². The maximum atomic E-state index is 14.9. The Labute approximate surface area is 180 Å². The molecule has 4 aromatic carbocycles. The normalized spacial score (nSPS) is 14.1. The first-order valence-electron chi connectivity index (χ1n) is 11.0. The lowest BCUT2D eigenvalue weighted by Crippen LogP contribution is -2.14. The van der Waals surface area contributed by atoms with Crippen LogP contribution in [0, 0.1) is 5.82 Å². The molecule has 148 valence electrons. The Bertz CT molecular complexity index is 1500. The summed E-state index contributed by atoms with van der Waals surface area (Å²) in [4.78, 5) is 4.59. The lowest BCUT2D eigenvalue weighted by molar-refractivity contribution is 0.635. The summed E-state index contributed by atoms with van der Waals surface area (Å²) in [6, 6.07) is 23.5. The monoisotopic (exact) mass is 401 g/mol. The molecule has 0 aliphatic heterocycles. The summed E-state index contributed by atoms with van der Waals surface area (Å²) in [6.07, 6.45) is 5.66. The van der Waals surface area contributed by atoms with Crippen LogP contribution in [-0.4, -0.2) is 4.98 Å². The summed E-state index contributed by atoms with van der Waals surface area (Å²) in [6.45, 7) is 0. The summed E-state index contributed by atoms with van der Waals surface area (Å²) in [5.74, 6) is -0.256. The van der Waals surface area contributed by atoms with Gasteiger partial charge < -0.3 is 0 Å². The lowest BCUT2D eigenvalue weighted by atomic mass is 9.74. The largest absolute Gasteiger partial charge is 0.253 e. The van der Waals surface area contributed by atoms with Gasteiger partial charge in [-0.2, -0.15) is 0 Å². The van der Waals surface area contributed by atoms with E-state index in [-0.39, 0.29) is 5.82 Å². The number of fused-ring (bicyclic) bond motifs is 3. The van der Waals surface area contributed by atoms with E-state index >= 15 is 0 Å². The van der Waals surface area contributed by atoms with Crippen molar-refractivity contribution in [2.75, 3.05) is 0 Å². The predicted octanol–water partition coefficient (Wildman–Crippen LogP) is 7.06. The molecule has 0 saturated carbocycles. The molecule has 0 saturated heterocycles. The average Bonchev–Trinajstić information content (AvgIpc) is 2.82. The Morgan fingerprint density at radius 1 is 0.645 bits per heavy atom. The van der Waals surface area contributed by atoms with Gasteiger partial charge in [-0.25, -0.2) is 4.39 Å². The third-order valence-electron chi connectivity index (χ3n) is 7.12. The highest BCUT2D eigenvalue weighted by Gasteiger charge is 2.26. The first-order valence-corrected chi connectivity index (χ1v) is 11.0. The Kier molecular flexibility index (Phi) is 3.46. The Hall–Kier alpha value is -3.52. The standard InChI is InChI=1S/C29H20FN/c30-25-16-31-29(24-13-12-17-4-1-2-7-23(17)28(24)25)22-14-20-10-8-18-5-3-6-19-9-11-21(15-22)27(20)26(18)19/h1-7,12-16H,8-11H2. The summed E-state index contributed by atoms with van der Waals surface area (Å²) in [5, 5.41) is 3.55. The van der Waals surface area contributed by atoms with E-state index in [2.05, 4.69) is 41.4 Å². The number of hydrogen-bond donors (Lipinski definition) is 0. The zero-order chi connectivity index (χ0) is 20.5. The lowest BCUT2D eigenvalue weighted by Gasteiger charge is -2.30. The molecule has 0 amide bonds. The fraction of sp³-hybridized carbons (Fsp3) is 0.138. The minimum Gasteiger partial charge on any atom is -0.253 e. The molecule has 1 heterocycles. The molecule has 2 aliphatic carbocycles. The van der Waals surface area contributed by atoms with Crippen molar-refractivity contribution in [3.05, 3.63) is 101 Å². The molecule has 0 N–H and O–H groups in total. The smallest absolute Gasteiger partial charge is 0.149 e. The fourth-order valence-electron chi connectivity index (χ4n) is 5.76. The van der Waals surface area contributed by atoms with E-state index in [1.807, 2.05) is 30.3 Å². The Morgan fingerprint density at radius 2 is 1.32 bits per heavy atom. The first-order chi connectivity index (χ1) is 15.3. The van der Waals surface area contributed by atoms with Gasteiger partial charge in [0.1, 0.15) is 5.82 Å². The zero-order valence-corrected chi connectivity index (χ0v) is 17.1. The molecule has 0 atom stereocenters. The molecule has 2 heteroatoms. The van der Waals surface area contributed by atoms with Crippen molar-refractivity contribution < 1.29 is 4.39 Å². The molecule has 7 rings (SSSR count). The predicted molar refractivity (Wildman–Crippen MR) is 125 cm³/mol. The SMILES string of the molecule is Fc1cnc(-c2cc3c4c(c2)CCc2cccc(c2-4)CC3)c2ccc3ccccc3c12. The highest BCUT2D eigenvalue weighted by atomic mass is 19.1. The molecule has 0 fully saturated rings. The van der Waals surface area contributed by atoms with E-state index in [0.29, 0.717) is 5.39 Å². The quantitative estimate of drug-likeness (QED) is 0.274. The van der Waals surface area contributed by atoms with Crippen LogP contribution in [0.1, 0.15) is 22.3 Å². The van der Waals surface area contributed by atoms with Crippen LogP contribution in [-0.2, 0) is 25.7 Å². The van der Waals surface area contributed by atoms with Crippen LogP contribution in [0.25, 0.3) is 43.9 Å². The van der Waals surface area contributed by atoms with E-state index in [9.17, 15) is 4.39 Å². The second kappa shape index (κ2) is 6.24. The van der Waals surface area contributed by atoms with E-state index in [1.165, 1.54) is 39.6 Å². The van der Waals surface area contributed by atoms with Crippen molar-refractivity contribution in [2.45, 2.75) is 25.7 Å². The summed E-state index contributed by atoms with van der Waals surface area (Å²) < 4.78 is 14.9. The van der Waals surface area contributed by atoms with Crippen LogP contribution in [0.15, 0.2) is 72.9 Å². The van der Waals surface area contributed by atoms with Gasteiger partial charge in [-0.3, -0.25) is 4.98 Å². The molecule has 5 aromatic rings. The number of halogens is 1. The summed E-state index contributed by atoms with van der Waals surface area (Å²) in [5.41, 5.74) is 10.7. The third-order valence-corrected chi connectivity index (χ3v) is 7.12. The zero-order valence-electron chi connectivity index (χ0n) is 17.1. The van der Waals surface area contributed by atoms with Crippen molar-refractivity contribution in [1.82, 2.24) is 4.98 Å². The van der Waals surface area contributed by atoms with Crippen molar-refractivity contribution in [1.29, 1.82) is 0 Å². The third kappa shape index (κ3) is 2.39. The first kappa shape index (κ1) is 17.2. The number of benzene rings is 4. The number of hydrogen-bond acceptors (Lipinski definition) is 1. The van der Waals surface area contributed by atoms with E-state index in [4.69, 9.17) is 0 Å². The van der Waals surface area contributed by atoms with Gasteiger partial charge in [0, 0.05) is 16.3 Å². The Morgan fingerprint density at radius 3 is 2.10 bits per heavy atom. The molecule has 2 aliphatic rings. The van der Waals surface area contributed by atoms with Crippen LogP contribution in [0.4, 0.5) is 4.39 Å². The highest BCUT2D eigenvalue weighted by molar-refractivity contribution is 6.11. The van der Waals surface area contributed by atoms with Gasteiger partial charge in [0.15, 0.2) is 0 Å². The van der Waals surface area contributed by atoms with Crippen molar-refractivity contribution in [2.24, 2.45) is 0 Å². The summed E-state index contributed by atoms with van der Waals surface area (Å²) >= 11 is 0. The Balaban J connectivity index is 1.51. The minimum atomic E-state index is -0.256. The van der Waals surface area contributed by atoms with Crippen LogP contribution >= 0.6 is 0 Å². The maximum absolute atomic E-state index is 14.9. The van der Waals surface area contributed by atoms with E-state index in [1.54, 1.807) is 0 Å². The van der Waals surface area contributed by atoms with Gasteiger partial charge in [0.2, 0.25) is 0 Å². The fourth-order valence-corrected chi connectivity index (χ4v) is 5.76. The molecule has 0 radical (unpaired) electrons. The molecule has 31 heavy (non-hydrogen) atoms. The molecule has 1 aromatic heterocycles. The second-order valence-electron chi connectivity index (χ2n) is 8.78. The van der Waals surface area contributed by atoms with Gasteiger partial charge >= 0.3 is 0 Å². The van der Waals surface area contributed by atoms with Crippen molar-refractivity contribution in [3.63, 3.8) is 0 Å². The van der Waals surface area contributed by atoms with E-state index < -0.39 is 0 Å². The number of pyridine rings is 1. The van der Waals surface area contributed by atoms with Gasteiger partial charge in [-0.15, -0.1) is 0 Å². The molecule has 0 unspecified atom stereocenters. The van der Waals surface area contributed by atoms with E-state index in [0.717, 1.165) is 53.1 Å². The number of aryl methyl sites for hydroxylation is 4. The summed E-state index contributed by atoms with van der Waals surface area (Å²) in [7, 11) is 0. The number of rotatable bonds is 1. The van der Waals surface area contributed by atoms with Gasteiger partial charge in [-0.05, 0) is 82.0 Å². The minimum absolute atomic E-state index is 0.256. The van der Waals surface area contributed by atoms with Crippen molar-refractivity contribution in [3.8, 4) is 22.4 Å². The highest BCUT2D eigenvalue weighted by Crippen LogP contribution is 2.44. The number of aromatic nitrogens is 1. The van der Waals surface area contributed by atoms with Gasteiger partial charge in [0.05, 0.1) is 11.9 Å². The molecule has 0 spiro atoms. The molecular weight excluding hydrogens is 381 g/mol. The van der Waals surface area contributed by atoms with Gasteiger partial charge in [0.25, 0.3) is 0 Å². The van der Waals surface area contributed by atoms with Crippen molar-refractivity contribution >= 4 is 21.5 Å². The van der Waals surface area contributed by atoms with Crippen LogP contribution in [0.3, 0.4) is 0 Å². The average molecular weight is 401 g/mol.